The fourth-order valence-corrected chi connectivity index (χ4v) is 2.30. The van der Waals surface area contributed by atoms with E-state index in [4.69, 9.17) is 4.74 Å². The van der Waals surface area contributed by atoms with Crippen LogP contribution in [0.15, 0.2) is 48.8 Å². The predicted molar refractivity (Wildman–Crippen MR) is 77.7 cm³/mol. The van der Waals surface area contributed by atoms with Crippen molar-refractivity contribution in [3.05, 3.63) is 54.4 Å². The van der Waals surface area contributed by atoms with Crippen LogP contribution in [0.2, 0.25) is 0 Å². The highest BCUT2D eigenvalue weighted by molar-refractivity contribution is 5.95. The molecule has 2 aromatic rings. The van der Waals surface area contributed by atoms with Crippen molar-refractivity contribution >= 4 is 5.91 Å². The van der Waals surface area contributed by atoms with Crippen LogP contribution in [-0.4, -0.2) is 41.3 Å². The van der Waals surface area contributed by atoms with E-state index in [1.807, 2.05) is 0 Å². The summed E-state index contributed by atoms with van der Waals surface area (Å²) >= 11 is 0. The molecule has 8 heteroatoms. The maximum absolute atomic E-state index is 12.3. The van der Waals surface area contributed by atoms with Crippen LogP contribution >= 0.6 is 0 Å². The van der Waals surface area contributed by atoms with Gasteiger partial charge in [-0.2, -0.15) is 0 Å². The van der Waals surface area contributed by atoms with Crippen LogP contribution in [0.25, 0.3) is 0 Å². The standard InChI is InChI=1S/C16H13F3N2O3/c17-16(18,19)24-12-4-1-3-11(7-12)15(22)21-9-14(10-21)23-13-5-2-6-20-8-13/h1-8,14H,9-10H2. The van der Waals surface area contributed by atoms with E-state index in [0.29, 0.717) is 18.8 Å². The smallest absolute Gasteiger partial charge is 0.485 e. The molecule has 2 heterocycles. The molecule has 1 aromatic heterocycles. The Hall–Kier alpha value is -2.77. The van der Waals surface area contributed by atoms with E-state index in [0.717, 1.165) is 12.1 Å². The van der Waals surface area contributed by atoms with E-state index < -0.39 is 12.1 Å². The van der Waals surface area contributed by atoms with Crippen molar-refractivity contribution in [3.8, 4) is 11.5 Å². The molecule has 0 atom stereocenters. The summed E-state index contributed by atoms with van der Waals surface area (Å²) < 4.78 is 46.1. The molecule has 0 radical (unpaired) electrons. The second kappa shape index (κ2) is 6.38. The molecule has 0 unspecified atom stereocenters. The van der Waals surface area contributed by atoms with Crippen molar-refractivity contribution in [2.24, 2.45) is 0 Å². The number of carbonyl (C=O) groups excluding carboxylic acids is 1. The SMILES string of the molecule is O=C(c1cccc(OC(F)(F)F)c1)N1CC(Oc2cccnc2)C1. The number of benzene rings is 1. The van der Waals surface area contributed by atoms with Gasteiger partial charge in [-0.1, -0.05) is 6.07 Å². The Morgan fingerprint density at radius 3 is 2.58 bits per heavy atom. The summed E-state index contributed by atoms with van der Waals surface area (Å²) in [6.07, 6.45) is -1.75. The number of carbonyl (C=O) groups is 1. The third kappa shape index (κ3) is 3.95. The highest BCUT2D eigenvalue weighted by atomic mass is 19.4. The number of hydrogen-bond acceptors (Lipinski definition) is 4. The zero-order valence-electron chi connectivity index (χ0n) is 12.4. The Bertz CT molecular complexity index is 716. The minimum Gasteiger partial charge on any atom is -0.485 e. The summed E-state index contributed by atoms with van der Waals surface area (Å²) in [7, 11) is 0. The molecule has 5 nitrogen and oxygen atoms in total. The molecule has 126 valence electrons. The van der Waals surface area contributed by atoms with Gasteiger partial charge in [0.1, 0.15) is 17.6 Å². The molecule has 1 saturated heterocycles. The average Bonchev–Trinajstić information content (AvgIpc) is 2.49. The van der Waals surface area contributed by atoms with Gasteiger partial charge in [0.2, 0.25) is 0 Å². The summed E-state index contributed by atoms with van der Waals surface area (Å²) in [5.74, 6) is -0.180. The number of pyridine rings is 1. The Balaban J connectivity index is 1.57. The van der Waals surface area contributed by atoms with E-state index in [1.54, 1.807) is 24.5 Å². The predicted octanol–water partition coefficient (Wildman–Crippen LogP) is 2.88. The van der Waals surface area contributed by atoms with Gasteiger partial charge in [0, 0.05) is 11.8 Å². The quantitative estimate of drug-likeness (QED) is 0.860. The van der Waals surface area contributed by atoms with Crippen LogP contribution in [0.3, 0.4) is 0 Å². The maximum Gasteiger partial charge on any atom is 0.573 e. The minimum atomic E-state index is -4.79. The minimum absolute atomic E-state index is 0.136. The van der Waals surface area contributed by atoms with Crippen molar-refractivity contribution < 1.29 is 27.4 Å². The first kappa shape index (κ1) is 16.1. The van der Waals surface area contributed by atoms with Crippen molar-refractivity contribution in [1.82, 2.24) is 9.88 Å². The van der Waals surface area contributed by atoms with Crippen molar-refractivity contribution in [2.45, 2.75) is 12.5 Å². The Labute approximate surface area is 135 Å². The van der Waals surface area contributed by atoms with Gasteiger partial charge in [-0.25, -0.2) is 0 Å². The number of rotatable bonds is 4. The molecule has 1 aliphatic heterocycles. The maximum atomic E-state index is 12.3. The van der Waals surface area contributed by atoms with Crippen molar-refractivity contribution in [3.63, 3.8) is 0 Å². The zero-order valence-corrected chi connectivity index (χ0v) is 12.4. The third-order valence-corrected chi connectivity index (χ3v) is 3.39. The molecule has 0 aliphatic carbocycles. The lowest BCUT2D eigenvalue weighted by Gasteiger charge is -2.38. The molecule has 0 bridgehead atoms. The molecule has 3 rings (SSSR count). The number of halogens is 3. The molecule has 1 fully saturated rings. The molecular weight excluding hydrogens is 325 g/mol. The summed E-state index contributed by atoms with van der Waals surface area (Å²) in [5.41, 5.74) is 0.136. The number of alkyl halides is 3. The van der Waals surface area contributed by atoms with Gasteiger partial charge in [0.25, 0.3) is 5.91 Å². The number of likely N-dealkylation sites (tertiary alicyclic amines) is 1. The normalized spacial score (nSPS) is 14.9. The Morgan fingerprint density at radius 1 is 1.17 bits per heavy atom. The highest BCUT2D eigenvalue weighted by Gasteiger charge is 2.34. The zero-order chi connectivity index (χ0) is 17.2. The molecule has 0 spiro atoms. The summed E-state index contributed by atoms with van der Waals surface area (Å²) in [6.45, 7) is 0.718. The number of hydrogen-bond donors (Lipinski definition) is 0. The van der Waals surface area contributed by atoms with Crippen LogP contribution in [0.4, 0.5) is 13.2 Å². The molecule has 0 saturated carbocycles. The van der Waals surface area contributed by atoms with Crippen LogP contribution in [-0.2, 0) is 0 Å². The summed E-state index contributed by atoms with van der Waals surface area (Å²) in [5, 5.41) is 0. The van der Waals surface area contributed by atoms with Crippen molar-refractivity contribution in [2.75, 3.05) is 13.1 Å². The first-order valence-corrected chi connectivity index (χ1v) is 7.12. The Morgan fingerprint density at radius 2 is 1.92 bits per heavy atom. The molecular formula is C16H13F3N2O3. The number of amides is 1. The van der Waals surface area contributed by atoms with E-state index in [2.05, 4.69) is 9.72 Å². The van der Waals surface area contributed by atoms with Gasteiger partial charge in [-0.3, -0.25) is 9.78 Å². The van der Waals surface area contributed by atoms with Gasteiger partial charge in [0.05, 0.1) is 19.3 Å². The van der Waals surface area contributed by atoms with Gasteiger partial charge in [-0.15, -0.1) is 13.2 Å². The van der Waals surface area contributed by atoms with Gasteiger partial charge < -0.3 is 14.4 Å². The second-order valence-corrected chi connectivity index (χ2v) is 5.21. The van der Waals surface area contributed by atoms with Crippen molar-refractivity contribution in [1.29, 1.82) is 0 Å². The highest BCUT2D eigenvalue weighted by Crippen LogP contribution is 2.25. The van der Waals surface area contributed by atoms with E-state index in [1.165, 1.54) is 17.0 Å². The van der Waals surface area contributed by atoms with Gasteiger partial charge >= 0.3 is 6.36 Å². The molecule has 0 N–H and O–H groups in total. The van der Waals surface area contributed by atoms with E-state index >= 15 is 0 Å². The Kier molecular flexibility index (Phi) is 4.28. The number of aromatic nitrogens is 1. The van der Waals surface area contributed by atoms with Crippen LogP contribution < -0.4 is 9.47 Å². The van der Waals surface area contributed by atoms with Crippen LogP contribution in [0.1, 0.15) is 10.4 Å². The number of ether oxygens (including phenoxy) is 2. The monoisotopic (exact) mass is 338 g/mol. The van der Waals surface area contributed by atoms with E-state index in [-0.39, 0.29) is 17.6 Å². The van der Waals surface area contributed by atoms with Crippen LogP contribution in [0.5, 0.6) is 11.5 Å². The number of nitrogens with zero attached hydrogens (tertiary/aromatic N) is 2. The summed E-state index contributed by atoms with van der Waals surface area (Å²) in [6, 6.07) is 8.51. The van der Waals surface area contributed by atoms with Gasteiger partial charge in [0.15, 0.2) is 0 Å². The molecule has 1 aliphatic rings. The average molecular weight is 338 g/mol. The fraction of sp³-hybridized carbons (Fsp3) is 0.250. The van der Waals surface area contributed by atoms with E-state index in [9.17, 15) is 18.0 Å². The van der Waals surface area contributed by atoms with Crippen LogP contribution in [0, 0.1) is 0 Å². The topological polar surface area (TPSA) is 51.7 Å². The lowest BCUT2D eigenvalue weighted by molar-refractivity contribution is -0.274. The second-order valence-electron chi connectivity index (χ2n) is 5.21. The molecule has 24 heavy (non-hydrogen) atoms. The fourth-order valence-electron chi connectivity index (χ4n) is 2.30. The lowest BCUT2D eigenvalue weighted by Crippen LogP contribution is -2.56. The van der Waals surface area contributed by atoms with Gasteiger partial charge in [-0.05, 0) is 30.3 Å². The first-order chi connectivity index (χ1) is 11.4. The summed E-state index contributed by atoms with van der Waals surface area (Å²) in [4.78, 5) is 17.7. The largest absolute Gasteiger partial charge is 0.573 e. The lowest BCUT2D eigenvalue weighted by atomic mass is 10.1. The molecule has 1 aromatic carbocycles. The first-order valence-electron chi connectivity index (χ1n) is 7.12. The third-order valence-electron chi connectivity index (χ3n) is 3.39. The molecule has 1 amide bonds.